The van der Waals surface area contributed by atoms with Crippen molar-refractivity contribution in [1.82, 2.24) is 10.1 Å². The van der Waals surface area contributed by atoms with Gasteiger partial charge in [-0.2, -0.15) is 4.98 Å². The summed E-state index contributed by atoms with van der Waals surface area (Å²) in [7, 11) is 0. The van der Waals surface area contributed by atoms with E-state index in [0.29, 0.717) is 23.7 Å². The van der Waals surface area contributed by atoms with Gasteiger partial charge in [-0.05, 0) is 35.9 Å². The Morgan fingerprint density at radius 3 is 2.62 bits per heavy atom. The smallest absolute Gasteiger partial charge is 0.257 e. The summed E-state index contributed by atoms with van der Waals surface area (Å²) in [5, 5.41) is 13.6. The summed E-state index contributed by atoms with van der Waals surface area (Å²) in [4.78, 5) is 4.34. The van der Waals surface area contributed by atoms with Crippen LogP contribution in [0.4, 0.5) is 0 Å². The van der Waals surface area contributed by atoms with Gasteiger partial charge in [0.25, 0.3) is 5.89 Å². The molecule has 3 rings (SSSR count). The summed E-state index contributed by atoms with van der Waals surface area (Å²) >= 11 is 9.27. The first-order valence-corrected chi connectivity index (χ1v) is 7.35. The summed E-state index contributed by atoms with van der Waals surface area (Å²) in [6, 6.07) is 12.7. The second-order valence-electron chi connectivity index (χ2n) is 4.49. The molecule has 0 aliphatic heterocycles. The molecule has 6 heteroatoms. The van der Waals surface area contributed by atoms with Crippen molar-refractivity contribution in [2.75, 3.05) is 0 Å². The van der Waals surface area contributed by atoms with Gasteiger partial charge in [-0.3, -0.25) is 0 Å². The maximum atomic E-state index is 9.41. The molecular formula is C15H10BrClN2O2. The van der Waals surface area contributed by atoms with Gasteiger partial charge in [0.15, 0.2) is 5.82 Å². The van der Waals surface area contributed by atoms with Crippen LogP contribution in [0.2, 0.25) is 5.02 Å². The van der Waals surface area contributed by atoms with Gasteiger partial charge in [0.1, 0.15) is 5.75 Å². The van der Waals surface area contributed by atoms with E-state index in [1.54, 1.807) is 12.1 Å². The van der Waals surface area contributed by atoms with Gasteiger partial charge in [-0.15, -0.1) is 0 Å². The fourth-order valence-corrected chi connectivity index (χ4v) is 2.31. The van der Waals surface area contributed by atoms with E-state index in [1.165, 1.54) is 6.07 Å². The monoisotopic (exact) mass is 364 g/mol. The van der Waals surface area contributed by atoms with Crippen LogP contribution in [-0.2, 0) is 6.42 Å². The molecule has 0 spiro atoms. The number of aromatic nitrogens is 2. The summed E-state index contributed by atoms with van der Waals surface area (Å²) in [6.45, 7) is 0. The van der Waals surface area contributed by atoms with E-state index in [0.717, 1.165) is 10.0 Å². The summed E-state index contributed by atoms with van der Waals surface area (Å²) in [5.74, 6) is 0.996. The van der Waals surface area contributed by atoms with E-state index in [4.69, 9.17) is 16.1 Å². The van der Waals surface area contributed by atoms with Gasteiger partial charge in [0.05, 0.1) is 5.02 Å². The van der Waals surface area contributed by atoms with Crippen molar-refractivity contribution in [2.45, 2.75) is 6.42 Å². The van der Waals surface area contributed by atoms with Crippen molar-refractivity contribution < 1.29 is 9.63 Å². The molecular weight excluding hydrogens is 356 g/mol. The molecule has 106 valence electrons. The standard InChI is InChI=1S/C15H10BrClN2O2/c16-11-4-1-9(2-5-11)7-14-18-15(21-19-14)10-3-6-13(20)12(17)8-10/h1-6,8,20H,7H2. The molecule has 0 radical (unpaired) electrons. The molecule has 1 aromatic heterocycles. The van der Waals surface area contributed by atoms with E-state index in [2.05, 4.69) is 26.1 Å². The van der Waals surface area contributed by atoms with Gasteiger partial charge >= 0.3 is 0 Å². The summed E-state index contributed by atoms with van der Waals surface area (Å²) < 4.78 is 6.26. The first kappa shape index (κ1) is 14.1. The van der Waals surface area contributed by atoms with Gasteiger partial charge in [-0.25, -0.2) is 0 Å². The van der Waals surface area contributed by atoms with Crippen molar-refractivity contribution in [1.29, 1.82) is 0 Å². The first-order chi connectivity index (χ1) is 10.1. The molecule has 1 heterocycles. The third-order valence-corrected chi connectivity index (χ3v) is 3.77. The number of phenols is 1. The Morgan fingerprint density at radius 1 is 1.14 bits per heavy atom. The minimum Gasteiger partial charge on any atom is -0.506 e. The number of benzene rings is 2. The van der Waals surface area contributed by atoms with Crippen LogP contribution in [0.1, 0.15) is 11.4 Å². The number of halogens is 2. The van der Waals surface area contributed by atoms with Crippen LogP contribution in [0, 0.1) is 0 Å². The molecule has 0 bridgehead atoms. The van der Waals surface area contributed by atoms with E-state index in [-0.39, 0.29) is 10.8 Å². The number of rotatable bonds is 3. The zero-order valence-electron chi connectivity index (χ0n) is 10.8. The van der Waals surface area contributed by atoms with Crippen molar-refractivity contribution in [3.63, 3.8) is 0 Å². The van der Waals surface area contributed by atoms with Crippen LogP contribution in [0.15, 0.2) is 51.5 Å². The quantitative estimate of drug-likeness (QED) is 0.745. The van der Waals surface area contributed by atoms with Crippen LogP contribution in [0.3, 0.4) is 0 Å². The fourth-order valence-electron chi connectivity index (χ4n) is 1.87. The number of hydrogen-bond donors (Lipinski definition) is 1. The zero-order chi connectivity index (χ0) is 14.8. The van der Waals surface area contributed by atoms with Crippen molar-refractivity contribution >= 4 is 27.5 Å². The Balaban J connectivity index is 1.82. The number of nitrogens with zero attached hydrogens (tertiary/aromatic N) is 2. The molecule has 21 heavy (non-hydrogen) atoms. The Morgan fingerprint density at radius 2 is 1.90 bits per heavy atom. The van der Waals surface area contributed by atoms with Gasteiger partial charge < -0.3 is 9.63 Å². The minimum atomic E-state index is 0.0232. The average Bonchev–Trinajstić information content (AvgIpc) is 2.93. The maximum Gasteiger partial charge on any atom is 0.257 e. The highest BCUT2D eigenvalue weighted by Crippen LogP contribution is 2.28. The molecule has 0 fully saturated rings. The number of hydrogen-bond acceptors (Lipinski definition) is 4. The lowest BCUT2D eigenvalue weighted by Crippen LogP contribution is -1.90. The van der Waals surface area contributed by atoms with E-state index < -0.39 is 0 Å². The lowest BCUT2D eigenvalue weighted by molar-refractivity contribution is 0.423. The Bertz CT molecular complexity index is 772. The van der Waals surface area contributed by atoms with Crippen molar-refractivity contribution in [3.05, 3.63) is 63.3 Å². The highest BCUT2D eigenvalue weighted by molar-refractivity contribution is 9.10. The molecule has 0 saturated carbocycles. The van der Waals surface area contributed by atoms with E-state index in [9.17, 15) is 5.11 Å². The molecule has 2 aromatic carbocycles. The molecule has 3 aromatic rings. The summed E-state index contributed by atoms with van der Waals surface area (Å²) in [6.07, 6.45) is 0.586. The zero-order valence-corrected chi connectivity index (χ0v) is 13.1. The summed E-state index contributed by atoms with van der Waals surface area (Å²) in [5.41, 5.74) is 1.77. The second kappa shape index (κ2) is 5.87. The average molecular weight is 366 g/mol. The molecule has 0 aliphatic rings. The van der Waals surface area contributed by atoms with Crippen LogP contribution in [0.25, 0.3) is 11.5 Å². The highest BCUT2D eigenvalue weighted by Gasteiger charge is 2.11. The molecule has 4 nitrogen and oxygen atoms in total. The Labute approximate surface area is 134 Å². The SMILES string of the molecule is Oc1ccc(-c2nc(Cc3ccc(Br)cc3)no2)cc1Cl. The van der Waals surface area contributed by atoms with Gasteiger partial charge in [-0.1, -0.05) is 44.8 Å². The van der Waals surface area contributed by atoms with Crippen molar-refractivity contribution in [2.24, 2.45) is 0 Å². The molecule has 0 amide bonds. The predicted molar refractivity (Wildman–Crippen MR) is 83.4 cm³/mol. The maximum absolute atomic E-state index is 9.41. The largest absolute Gasteiger partial charge is 0.506 e. The molecule has 0 aliphatic carbocycles. The van der Waals surface area contributed by atoms with Crippen LogP contribution < -0.4 is 0 Å². The molecule has 0 saturated heterocycles. The highest BCUT2D eigenvalue weighted by atomic mass is 79.9. The third kappa shape index (κ3) is 3.25. The van der Waals surface area contributed by atoms with Crippen LogP contribution in [0.5, 0.6) is 5.75 Å². The minimum absolute atomic E-state index is 0.0232. The van der Waals surface area contributed by atoms with E-state index >= 15 is 0 Å². The van der Waals surface area contributed by atoms with Crippen LogP contribution in [-0.4, -0.2) is 15.2 Å². The van der Waals surface area contributed by atoms with Gasteiger partial charge in [0, 0.05) is 16.5 Å². The molecule has 0 unspecified atom stereocenters. The van der Waals surface area contributed by atoms with Crippen molar-refractivity contribution in [3.8, 4) is 17.2 Å². The number of phenolic OH excluding ortho intramolecular Hbond substituents is 1. The molecule has 1 N–H and O–H groups in total. The lowest BCUT2D eigenvalue weighted by Gasteiger charge is -1.98. The number of aromatic hydroxyl groups is 1. The predicted octanol–water partition coefficient (Wildman–Crippen LogP) is 4.45. The lowest BCUT2D eigenvalue weighted by atomic mass is 10.1. The molecule has 0 atom stereocenters. The van der Waals surface area contributed by atoms with E-state index in [1.807, 2.05) is 24.3 Å². The van der Waals surface area contributed by atoms with Gasteiger partial charge in [0.2, 0.25) is 0 Å². The Kier molecular flexibility index (Phi) is 3.94. The topological polar surface area (TPSA) is 59.2 Å². The Hall–Kier alpha value is -1.85. The normalized spacial score (nSPS) is 10.8. The van der Waals surface area contributed by atoms with Crippen LogP contribution >= 0.6 is 27.5 Å². The fraction of sp³-hybridized carbons (Fsp3) is 0.0667. The third-order valence-electron chi connectivity index (χ3n) is 2.94. The first-order valence-electron chi connectivity index (χ1n) is 6.18. The second-order valence-corrected chi connectivity index (χ2v) is 5.81.